The molecule has 0 bridgehead atoms. The number of carbonyl (C=O) groups excluding carboxylic acids is 1. The topological polar surface area (TPSA) is 39.2 Å². The third-order valence-electron chi connectivity index (χ3n) is 3.52. The Kier molecular flexibility index (Phi) is 3.57. The van der Waals surface area contributed by atoms with Crippen LogP contribution >= 0.6 is 11.3 Å². The first-order valence-corrected chi connectivity index (χ1v) is 7.63. The van der Waals surface area contributed by atoms with Gasteiger partial charge in [-0.3, -0.25) is 4.79 Å². The van der Waals surface area contributed by atoms with Crippen LogP contribution < -0.4 is 4.74 Å². The molecule has 20 heavy (non-hydrogen) atoms. The zero-order valence-corrected chi connectivity index (χ0v) is 12.5. The van der Waals surface area contributed by atoms with Gasteiger partial charge in [0.2, 0.25) is 0 Å². The number of hydrogen-bond acceptors (Lipinski definition) is 4. The summed E-state index contributed by atoms with van der Waals surface area (Å²) in [5.41, 5.74) is 2.13. The molecule has 1 aromatic heterocycles. The number of methoxy groups -OCH3 is 1. The number of thiazole rings is 1. The number of aromatic nitrogens is 1. The Morgan fingerprint density at radius 3 is 2.80 bits per heavy atom. The second-order valence-corrected chi connectivity index (χ2v) is 6.22. The maximum atomic E-state index is 11.7. The van der Waals surface area contributed by atoms with Crippen molar-refractivity contribution in [3.05, 3.63) is 45.4 Å². The lowest BCUT2D eigenvalue weighted by atomic mass is 10.1. The molecular weight excluding hydrogens is 270 g/mol. The van der Waals surface area contributed by atoms with Crippen LogP contribution in [0.2, 0.25) is 0 Å². The van der Waals surface area contributed by atoms with E-state index in [2.05, 4.69) is 0 Å². The summed E-state index contributed by atoms with van der Waals surface area (Å²) in [5, 5.41) is 1.00. The zero-order valence-electron chi connectivity index (χ0n) is 11.7. The average molecular weight is 287 g/mol. The smallest absolute Gasteiger partial charge is 0.171 e. The molecule has 1 saturated carbocycles. The van der Waals surface area contributed by atoms with Crippen LogP contribution in [-0.2, 0) is 6.42 Å². The molecule has 0 unspecified atom stereocenters. The van der Waals surface area contributed by atoms with Gasteiger partial charge in [-0.2, -0.15) is 0 Å². The van der Waals surface area contributed by atoms with Crippen LogP contribution in [0.5, 0.6) is 5.75 Å². The van der Waals surface area contributed by atoms with E-state index < -0.39 is 0 Å². The van der Waals surface area contributed by atoms with E-state index in [-0.39, 0.29) is 5.78 Å². The molecule has 4 heteroatoms. The molecular formula is C16H17NO2S. The van der Waals surface area contributed by atoms with Crippen molar-refractivity contribution < 1.29 is 9.53 Å². The molecule has 0 N–H and O–H groups in total. The molecule has 1 heterocycles. The summed E-state index contributed by atoms with van der Waals surface area (Å²) in [6.07, 6.45) is 3.05. The molecule has 1 aliphatic carbocycles. The number of Topliss-reactive ketones (excluding diaryl/α,β-unsaturated/α-hetero) is 1. The molecule has 1 aliphatic rings. The Hall–Kier alpha value is -1.68. The summed E-state index contributed by atoms with van der Waals surface area (Å²) in [5.74, 6) is 1.52. The first kappa shape index (κ1) is 13.3. The SMILES string of the molecule is COc1ccccc1Cc1nc(C2CC2)c(C(C)=O)s1. The first-order chi connectivity index (χ1) is 9.69. The van der Waals surface area contributed by atoms with Gasteiger partial charge in [0.25, 0.3) is 0 Å². The second kappa shape index (κ2) is 5.37. The van der Waals surface area contributed by atoms with Crippen molar-refractivity contribution in [3.63, 3.8) is 0 Å². The van der Waals surface area contributed by atoms with Crippen molar-refractivity contribution in [2.24, 2.45) is 0 Å². The van der Waals surface area contributed by atoms with Crippen LogP contribution in [0.3, 0.4) is 0 Å². The number of benzene rings is 1. The zero-order chi connectivity index (χ0) is 14.1. The molecule has 1 aromatic carbocycles. The van der Waals surface area contributed by atoms with Gasteiger partial charge < -0.3 is 4.74 Å². The minimum Gasteiger partial charge on any atom is -0.496 e. The van der Waals surface area contributed by atoms with E-state index in [0.29, 0.717) is 5.92 Å². The largest absolute Gasteiger partial charge is 0.496 e. The quantitative estimate of drug-likeness (QED) is 0.785. The summed E-state index contributed by atoms with van der Waals surface area (Å²) in [4.78, 5) is 17.3. The van der Waals surface area contributed by atoms with Crippen LogP contribution in [-0.4, -0.2) is 17.9 Å². The van der Waals surface area contributed by atoms with E-state index in [4.69, 9.17) is 9.72 Å². The number of para-hydroxylation sites is 1. The van der Waals surface area contributed by atoms with Gasteiger partial charge >= 0.3 is 0 Å². The second-order valence-electron chi connectivity index (χ2n) is 5.14. The molecule has 0 amide bonds. The van der Waals surface area contributed by atoms with Gasteiger partial charge in [0.15, 0.2) is 5.78 Å². The van der Waals surface area contributed by atoms with Crippen molar-refractivity contribution in [1.82, 2.24) is 4.98 Å². The molecule has 104 valence electrons. The van der Waals surface area contributed by atoms with Gasteiger partial charge in [0.05, 0.1) is 22.7 Å². The summed E-state index contributed by atoms with van der Waals surface area (Å²) in [6, 6.07) is 7.96. The summed E-state index contributed by atoms with van der Waals surface area (Å²) < 4.78 is 5.37. The number of carbonyl (C=O) groups is 1. The standard InChI is InChI=1S/C16H17NO2S/c1-10(18)16-15(11-7-8-11)17-14(20-16)9-12-5-3-4-6-13(12)19-2/h3-6,11H,7-9H2,1-2H3. The first-order valence-electron chi connectivity index (χ1n) is 6.81. The maximum absolute atomic E-state index is 11.7. The summed E-state index contributed by atoms with van der Waals surface area (Å²) in [6.45, 7) is 1.63. The highest BCUT2D eigenvalue weighted by Gasteiger charge is 2.31. The van der Waals surface area contributed by atoms with Gasteiger partial charge in [0.1, 0.15) is 5.75 Å². The Morgan fingerprint density at radius 2 is 2.15 bits per heavy atom. The lowest BCUT2D eigenvalue weighted by molar-refractivity contribution is 0.102. The van der Waals surface area contributed by atoms with E-state index in [1.54, 1.807) is 14.0 Å². The maximum Gasteiger partial charge on any atom is 0.171 e. The van der Waals surface area contributed by atoms with Gasteiger partial charge in [0, 0.05) is 24.8 Å². The normalized spacial score (nSPS) is 14.3. The van der Waals surface area contributed by atoms with Gasteiger partial charge in [-0.25, -0.2) is 4.98 Å². The molecule has 3 rings (SSSR count). The fourth-order valence-electron chi connectivity index (χ4n) is 2.35. The number of ketones is 1. The molecule has 0 atom stereocenters. The highest BCUT2D eigenvalue weighted by atomic mass is 32.1. The predicted molar refractivity (Wildman–Crippen MR) is 79.9 cm³/mol. The van der Waals surface area contributed by atoms with E-state index >= 15 is 0 Å². The Balaban J connectivity index is 1.91. The third-order valence-corrected chi connectivity index (χ3v) is 4.69. The lowest BCUT2D eigenvalue weighted by Crippen LogP contribution is -1.94. The van der Waals surface area contributed by atoms with Crippen molar-refractivity contribution in [3.8, 4) is 5.75 Å². The molecule has 3 nitrogen and oxygen atoms in total. The van der Waals surface area contributed by atoms with E-state index in [1.807, 2.05) is 24.3 Å². The highest BCUT2D eigenvalue weighted by Crippen LogP contribution is 2.43. The van der Waals surface area contributed by atoms with Crippen LogP contribution in [0.25, 0.3) is 0 Å². The molecule has 2 aromatic rings. The average Bonchev–Trinajstić information content (AvgIpc) is 3.20. The molecule has 0 aliphatic heterocycles. The fourth-order valence-corrected chi connectivity index (χ4v) is 3.42. The minimum absolute atomic E-state index is 0.135. The summed E-state index contributed by atoms with van der Waals surface area (Å²) >= 11 is 1.53. The number of rotatable bonds is 5. The van der Waals surface area contributed by atoms with Crippen LogP contribution in [0.1, 0.15) is 51.6 Å². The molecule has 1 fully saturated rings. The van der Waals surface area contributed by atoms with Crippen LogP contribution in [0, 0.1) is 0 Å². The van der Waals surface area contributed by atoms with Crippen LogP contribution in [0.4, 0.5) is 0 Å². The Morgan fingerprint density at radius 1 is 1.40 bits per heavy atom. The van der Waals surface area contributed by atoms with E-state index in [1.165, 1.54) is 11.3 Å². The van der Waals surface area contributed by atoms with Gasteiger partial charge in [-0.05, 0) is 18.9 Å². The Bertz CT molecular complexity index is 644. The molecule has 0 radical (unpaired) electrons. The predicted octanol–water partition coefficient (Wildman–Crippen LogP) is 3.82. The third kappa shape index (κ3) is 2.61. The van der Waals surface area contributed by atoms with E-state index in [9.17, 15) is 4.79 Å². The lowest BCUT2D eigenvalue weighted by Gasteiger charge is -2.05. The van der Waals surface area contributed by atoms with E-state index in [0.717, 1.165) is 46.2 Å². The van der Waals surface area contributed by atoms with Crippen molar-refractivity contribution >= 4 is 17.1 Å². The Labute approximate surface area is 122 Å². The van der Waals surface area contributed by atoms with Crippen molar-refractivity contribution in [2.45, 2.75) is 32.1 Å². The van der Waals surface area contributed by atoms with Gasteiger partial charge in [-0.15, -0.1) is 11.3 Å². The monoisotopic (exact) mass is 287 g/mol. The number of ether oxygens (including phenoxy) is 1. The fraction of sp³-hybridized carbons (Fsp3) is 0.375. The van der Waals surface area contributed by atoms with Gasteiger partial charge in [-0.1, -0.05) is 18.2 Å². The number of nitrogens with zero attached hydrogens (tertiary/aromatic N) is 1. The number of hydrogen-bond donors (Lipinski definition) is 0. The van der Waals surface area contributed by atoms with Crippen LogP contribution in [0.15, 0.2) is 24.3 Å². The molecule has 0 saturated heterocycles. The summed E-state index contributed by atoms with van der Waals surface area (Å²) in [7, 11) is 1.68. The minimum atomic E-state index is 0.135. The molecule has 0 spiro atoms. The van der Waals surface area contributed by atoms with Crippen molar-refractivity contribution in [1.29, 1.82) is 0 Å². The van der Waals surface area contributed by atoms with Crippen molar-refractivity contribution in [2.75, 3.05) is 7.11 Å². The highest BCUT2D eigenvalue weighted by molar-refractivity contribution is 7.13.